The number of rotatable bonds is 5. The van der Waals surface area contributed by atoms with Gasteiger partial charge in [0.1, 0.15) is 5.82 Å². The van der Waals surface area contributed by atoms with Crippen LogP contribution in [0.4, 0.5) is 0 Å². The number of likely N-dealkylation sites (N-methyl/N-ethyl adjacent to an activating group) is 1. The van der Waals surface area contributed by atoms with E-state index in [-0.39, 0.29) is 5.56 Å². The fourth-order valence-electron chi connectivity index (χ4n) is 1.15. The standard InChI is InChI=1S/C9H15N3O2/c1-10-4-3-8-11-7(6-14-2)5-9(13)12-8/h5,10H,3-4,6H2,1-2H3,(H,11,12,13). The zero-order valence-electron chi connectivity index (χ0n) is 8.46. The van der Waals surface area contributed by atoms with Gasteiger partial charge in [0.2, 0.25) is 0 Å². The number of H-pyrrole nitrogens is 1. The Balaban J connectivity index is 2.78. The molecule has 0 unspecified atom stereocenters. The number of hydrogen-bond acceptors (Lipinski definition) is 4. The number of methoxy groups -OCH3 is 1. The highest BCUT2D eigenvalue weighted by Gasteiger charge is 2.00. The summed E-state index contributed by atoms with van der Waals surface area (Å²) in [4.78, 5) is 18.1. The molecule has 2 N–H and O–H groups in total. The Morgan fingerprint density at radius 3 is 3.07 bits per heavy atom. The predicted octanol–water partition coefficient (Wildman–Crippen LogP) is -0.322. The lowest BCUT2D eigenvalue weighted by molar-refractivity contribution is 0.181. The third-order valence-electron chi connectivity index (χ3n) is 1.75. The molecular formula is C9H15N3O2. The van der Waals surface area contributed by atoms with Crippen molar-refractivity contribution in [2.45, 2.75) is 13.0 Å². The first-order chi connectivity index (χ1) is 6.76. The molecule has 0 aliphatic rings. The molecule has 5 nitrogen and oxygen atoms in total. The second-order valence-electron chi connectivity index (χ2n) is 2.97. The summed E-state index contributed by atoms with van der Waals surface area (Å²) in [5, 5.41) is 2.99. The zero-order chi connectivity index (χ0) is 10.4. The van der Waals surface area contributed by atoms with Gasteiger partial charge in [-0.3, -0.25) is 4.79 Å². The van der Waals surface area contributed by atoms with Crippen LogP contribution in [0.2, 0.25) is 0 Å². The van der Waals surface area contributed by atoms with E-state index < -0.39 is 0 Å². The van der Waals surface area contributed by atoms with Crippen molar-refractivity contribution in [1.82, 2.24) is 15.3 Å². The van der Waals surface area contributed by atoms with Gasteiger partial charge in [-0.1, -0.05) is 0 Å². The summed E-state index contributed by atoms with van der Waals surface area (Å²) in [6.07, 6.45) is 0.712. The number of aromatic nitrogens is 2. The summed E-state index contributed by atoms with van der Waals surface area (Å²) in [6.45, 7) is 1.16. The van der Waals surface area contributed by atoms with Crippen molar-refractivity contribution >= 4 is 0 Å². The summed E-state index contributed by atoms with van der Waals surface area (Å²) in [6, 6.07) is 1.45. The summed E-state index contributed by atoms with van der Waals surface area (Å²) in [7, 11) is 3.44. The van der Waals surface area contributed by atoms with Crippen LogP contribution in [0.1, 0.15) is 11.5 Å². The van der Waals surface area contributed by atoms with Crippen molar-refractivity contribution in [3.8, 4) is 0 Å². The monoisotopic (exact) mass is 197 g/mol. The van der Waals surface area contributed by atoms with E-state index in [1.165, 1.54) is 6.07 Å². The molecule has 0 aromatic carbocycles. The number of ether oxygens (including phenoxy) is 1. The van der Waals surface area contributed by atoms with E-state index in [0.29, 0.717) is 24.5 Å². The van der Waals surface area contributed by atoms with E-state index in [1.54, 1.807) is 7.11 Å². The molecule has 0 spiro atoms. The number of nitrogens with zero attached hydrogens (tertiary/aromatic N) is 1. The fourth-order valence-corrected chi connectivity index (χ4v) is 1.15. The molecule has 1 aromatic rings. The van der Waals surface area contributed by atoms with Crippen LogP contribution in [0.15, 0.2) is 10.9 Å². The Labute approximate surface area is 82.5 Å². The fraction of sp³-hybridized carbons (Fsp3) is 0.556. The molecule has 14 heavy (non-hydrogen) atoms. The van der Waals surface area contributed by atoms with E-state index in [4.69, 9.17) is 4.74 Å². The van der Waals surface area contributed by atoms with Crippen LogP contribution < -0.4 is 10.9 Å². The molecule has 0 aliphatic heterocycles. The lowest BCUT2D eigenvalue weighted by Gasteiger charge is -2.02. The second kappa shape index (κ2) is 5.51. The molecule has 0 saturated carbocycles. The van der Waals surface area contributed by atoms with Crippen LogP contribution in [0.5, 0.6) is 0 Å². The summed E-state index contributed by atoms with van der Waals surface area (Å²) in [5.41, 5.74) is 0.542. The molecule has 0 radical (unpaired) electrons. The molecule has 1 heterocycles. The van der Waals surface area contributed by atoms with E-state index in [2.05, 4.69) is 15.3 Å². The summed E-state index contributed by atoms with van der Waals surface area (Å²) < 4.78 is 4.91. The van der Waals surface area contributed by atoms with E-state index in [9.17, 15) is 4.79 Å². The molecule has 0 atom stereocenters. The van der Waals surface area contributed by atoms with Crippen molar-refractivity contribution in [3.63, 3.8) is 0 Å². The lowest BCUT2D eigenvalue weighted by Crippen LogP contribution is -2.18. The predicted molar refractivity (Wildman–Crippen MR) is 53.2 cm³/mol. The van der Waals surface area contributed by atoms with Crippen LogP contribution in [0, 0.1) is 0 Å². The maximum Gasteiger partial charge on any atom is 0.251 e. The highest BCUT2D eigenvalue weighted by atomic mass is 16.5. The van der Waals surface area contributed by atoms with E-state index >= 15 is 0 Å². The highest BCUT2D eigenvalue weighted by Crippen LogP contribution is 1.94. The van der Waals surface area contributed by atoms with Gasteiger partial charge in [0.05, 0.1) is 12.3 Å². The number of nitrogens with one attached hydrogen (secondary N) is 2. The van der Waals surface area contributed by atoms with E-state index in [0.717, 1.165) is 6.54 Å². The van der Waals surface area contributed by atoms with Crippen LogP contribution in [-0.2, 0) is 17.8 Å². The lowest BCUT2D eigenvalue weighted by atomic mass is 10.3. The van der Waals surface area contributed by atoms with Crippen molar-refractivity contribution < 1.29 is 4.74 Å². The van der Waals surface area contributed by atoms with Crippen molar-refractivity contribution in [2.75, 3.05) is 20.7 Å². The summed E-state index contributed by atoms with van der Waals surface area (Å²) in [5.74, 6) is 0.693. The Kier molecular flexibility index (Phi) is 4.28. The number of aromatic amines is 1. The maximum absolute atomic E-state index is 11.2. The first-order valence-corrected chi connectivity index (χ1v) is 4.49. The largest absolute Gasteiger partial charge is 0.378 e. The molecule has 0 fully saturated rings. The first-order valence-electron chi connectivity index (χ1n) is 4.49. The molecular weight excluding hydrogens is 182 g/mol. The molecule has 5 heteroatoms. The Hall–Kier alpha value is -1.20. The molecule has 0 saturated heterocycles. The minimum absolute atomic E-state index is 0.127. The molecule has 1 aromatic heterocycles. The second-order valence-corrected chi connectivity index (χ2v) is 2.97. The first kappa shape index (κ1) is 10.9. The van der Waals surface area contributed by atoms with Gasteiger partial charge in [-0.2, -0.15) is 0 Å². The van der Waals surface area contributed by atoms with Crippen LogP contribution in [-0.4, -0.2) is 30.7 Å². The maximum atomic E-state index is 11.2. The van der Waals surface area contributed by atoms with Gasteiger partial charge in [-0.15, -0.1) is 0 Å². The van der Waals surface area contributed by atoms with Crippen molar-refractivity contribution in [2.24, 2.45) is 0 Å². The molecule has 1 rings (SSSR count). The van der Waals surface area contributed by atoms with Crippen LogP contribution in [0.25, 0.3) is 0 Å². The van der Waals surface area contributed by atoms with Gasteiger partial charge in [0.25, 0.3) is 5.56 Å². The topological polar surface area (TPSA) is 67.0 Å². The smallest absolute Gasteiger partial charge is 0.251 e. The number of hydrogen-bond donors (Lipinski definition) is 2. The van der Waals surface area contributed by atoms with E-state index in [1.807, 2.05) is 7.05 Å². The van der Waals surface area contributed by atoms with Gasteiger partial charge >= 0.3 is 0 Å². The normalized spacial score (nSPS) is 10.4. The Bertz CT molecular complexity index is 335. The highest BCUT2D eigenvalue weighted by molar-refractivity contribution is 5.01. The van der Waals surface area contributed by atoms with Gasteiger partial charge in [0, 0.05) is 26.1 Å². The van der Waals surface area contributed by atoms with Gasteiger partial charge in [0.15, 0.2) is 0 Å². The quantitative estimate of drug-likeness (QED) is 0.678. The molecule has 78 valence electrons. The van der Waals surface area contributed by atoms with Gasteiger partial charge in [-0.25, -0.2) is 4.98 Å². The third-order valence-corrected chi connectivity index (χ3v) is 1.75. The molecule has 0 bridgehead atoms. The van der Waals surface area contributed by atoms with Gasteiger partial charge < -0.3 is 15.0 Å². The zero-order valence-corrected chi connectivity index (χ0v) is 8.46. The third kappa shape index (κ3) is 3.27. The van der Waals surface area contributed by atoms with Crippen LogP contribution >= 0.6 is 0 Å². The van der Waals surface area contributed by atoms with Gasteiger partial charge in [-0.05, 0) is 7.05 Å². The van der Waals surface area contributed by atoms with Crippen molar-refractivity contribution in [1.29, 1.82) is 0 Å². The van der Waals surface area contributed by atoms with Crippen LogP contribution in [0.3, 0.4) is 0 Å². The average Bonchev–Trinajstić information content (AvgIpc) is 2.14. The SMILES string of the molecule is CNCCc1nc(COC)cc(=O)[nH]1. The minimum Gasteiger partial charge on any atom is -0.378 e. The molecule has 0 aliphatic carbocycles. The Morgan fingerprint density at radius 2 is 2.43 bits per heavy atom. The molecule has 0 amide bonds. The van der Waals surface area contributed by atoms with Crippen molar-refractivity contribution in [3.05, 3.63) is 27.9 Å². The average molecular weight is 197 g/mol. The Morgan fingerprint density at radius 1 is 1.64 bits per heavy atom. The minimum atomic E-state index is -0.127. The summed E-state index contributed by atoms with van der Waals surface area (Å²) >= 11 is 0.